The number of halogens is 1. The Labute approximate surface area is 222 Å². The molecule has 0 bridgehead atoms. The SMILES string of the molecule is CC(=O)OCC1=C(C(=O)[O-])N2C(=O)[C@@H](NC(=O)C3(c4ccccc4Cl)CCCC3)[C@H]2SC1.[Na+]. The molecule has 2 heterocycles. The average molecular weight is 501 g/mol. The standard InChI is InChI=1S/C22H23ClN2O6S.Na/c1-12(26)31-10-13-11-32-19-16(18(27)25(19)17(13)20(28)29)24-21(30)22(8-4-5-9-22)14-6-2-3-7-15(14)23;/h2-3,6-7,16,19H,4-5,8-11H2,1H3,(H,24,30)(H,28,29);/q;+1/p-1/t16-,19-;/m1./s1. The summed E-state index contributed by atoms with van der Waals surface area (Å²) in [6.45, 7) is 0.991. The van der Waals surface area contributed by atoms with Crippen molar-refractivity contribution in [2.24, 2.45) is 0 Å². The molecule has 1 saturated heterocycles. The number of rotatable bonds is 6. The van der Waals surface area contributed by atoms with Crippen molar-refractivity contribution in [1.29, 1.82) is 0 Å². The van der Waals surface area contributed by atoms with Crippen LogP contribution < -0.4 is 40.0 Å². The van der Waals surface area contributed by atoms with E-state index in [2.05, 4.69) is 5.32 Å². The van der Waals surface area contributed by atoms with E-state index in [-0.39, 0.29) is 53.5 Å². The number of β-lactam (4-membered cyclic amide) rings is 1. The van der Waals surface area contributed by atoms with Gasteiger partial charge in [0.25, 0.3) is 5.91 Å². The predicted octanol–water partition coefficient (Wildman–Crippen LogP) is -1.88. The van der Waals surface area contributed by atoms with Gasteiger partial charge in [0, 0.05) is 23.3 Å². The minimum absolute atomic E-state index is 0. The first kappa shape index (κ1) is 26.1. The van der Waals surface area contributed by atoms with Gasteiger partial charge in [0.05, 0.1) is 17.1 Å². The fourth-order valence-electron chi connectivity index (χ4n) is 4.70. The summed E-state index contributed by atoms with van der Waals surface area (Å²) in [6.07, 6.45) is 3.00. The molecular weight excluding hydrogens is 479 g/mol. The molecule has 1 aromatic carbocycles. The zero-order valence-electron chi connectivity index (χ0n) is 18.4. The summed E-state index contributed by atoms with van der Waals surface area (Å²) in [5.74, 6) is -2.62. The number of amides is 2. The van der Waals surface area contributed by atoms with E-state index in [1.165, 1.54) is 18.7 Å². The van der Waals surface area contributed by atoms with Crippen LogP contribution in [0.5, 0.6) is 0 Å². The van der Waals surface area contributed by atoms with E-state index in [0.29, 0.717) is 23.4 Å². The van der Waals surface area contributed by atoms with E-state index in [1.807, 2.05) is 12.1 Å². The zero-order chi connectivity index (χ0) is 23.0. The van der Waals surface area contributed by atoms with E-state index in [4.69, 9.17) is 16.3 Å². The smallest absolute Gasteiger partial charge is 0.543 e. The topological polar surface area (TPSA) is 116 Å². The Morgan fingerprint density at radius 1 is 1.27 bits per heavy atom. The third kappa shape index (κ3) is 4.71. The summed E-state index contributed by atoms with van der Waals surface area (Å²) in [4.78, 5) is 50.3. The van der Waals surface area contributed by atoms with Crippen LogP contribution in [0.2, 0.25) is 5.02 Å². The Morgan fingerprint density at radius 2 is 1.94 bits per heavy atom. The van der Waals surface area contributed by atoms with Crippen molar-refractivity contribution < 1.29 is 58.6 Å². The number of carbonyl (C=O) groups is 4. The summed E-state index contributed by atoms with van der Waals surface area (Å²) < 4.78 is 4.92. The van der Waals surface area contributed by atoms with Gasteiger partial charge in [-0.1, -0.05) is 42.6 Å². The minimum Gasteiger partial charge on any atom is -0.543 e. The van der Waals surface area contributed by atoms with Crippen LogP contribution in [0.1, 0.15) is 38.2 Å². The van der Waals surface area contributed by atoms with Gasteiger partial charge in [0.1, 0.15) is 18.0 Å². The molecule has 2 atom stereocenters. The monoisotopic (exact) mass is 500 g/mol. The van der Waals surface area contributed by atoms with Crippen LogP contribution in [0.15, 0.2) is 35.5 Å². The molecule has 1 N–H and O–H groups in total. The molecule has 2 amide bonds. The number of fused-ring (bicyclic) bond motifs is 1. The number of benzene rings is 1. The van der Waals surface area contributed by atoms with Crippen LogP contribution in [-0.2, 0) is 29.3 Å². The quantitative estimate of drug-likeness (QED) is 0.276. The van der Waals surface area contributed by atoms with Crippen molar-refractivity contribution in [3.63, 3.8) is 0 Å². The Morgan fingerprint density at radius 3 is 2.55 bits per heavy atom. The molecule has 170 valence electrons. The van der Waals surface area contributed by atoms with Gasteiger partial charge in [-0.2, -0.15) is 0 Å². The summed E-state index contributed by atoms with van der Waals surface area (Å²) in [7, 11) is 0. The number of hydrogen-bond acceptors (Lipinski definition) is 7. The van der Waals surface area contributed by atoms with Crippen molar-refractivity contribution in [2.45, 2.75) is 49.4 Å². The first-order valence-electron chi connectivity index (χ1n) is 10.3. The molecule has 33 heavy (non-hydrogen) atoms. The number of esters is 1. The van der Waals surface area contributed by atoms with Crippen LogP contribution in [-0.4, -0.2) is 52.4 Å². The van der Waals surface area contributed by atoms with Crippen LogP contribution >= 0.6 is 23.4 Å². The van der Waals surface area contributed by atoms with E-state index in [0.717, 1.165) is 23.3 Å². The van der Waals surface area contributed by atoms with E-state index in [9.17, 15) is 24.3 Å². The van der Waals surface area contributed by atoms with Gasteiger partial charge in [-0.05, 0) is 24.5 Å². The maximum absolute atomic E-state index is 13.5. The molecule has 0 radical (unpaired) electrons. The number of carbonyl (C=O) groups excluding carboxylic acids is 4. The molecule has 3 aliphatic rings. The molecule has 1 aromatic rings. The number of carboxylic acids is 1. The molecule has 8 nitrogen and oxygen atoms in total. The van der Waals surface area contributed by atoms with Crippen molar-refractivity contribution in [3.05, 3.63) is 46.1 Å². The van der Waals surface area contributed by atoms with Crippen molar-refractivity contribution in [2.75, 3.05) is 12.4 Å². The van der Waals surface area contributed by atoms with Crippen molar-refractivity contribution in [1.82, 2.24) is 10.2 Å². The Bertz CT molecular complexity index is 1030. The van der Waals surface area contributed by atoms with Crippen LogP contribution in [0.25, 0.3) is 0 Å². The van der Waals surface area contributed by atoms with E-state index in [1.54, 1.807) is 12.1 Å². The third-order valence-corrected chi connectivity index (χ3v) is 7.93. The molecule has 11 heteroatoms. The summed E-state index contributed by atoms with van der Waals surface area (Å²) in [5, 5.41) is 14.6. The van der Waals surface area contributed by atoms with E-state index >= 15 is 0 Å². The van der Waals surface area contributed by atoms with Gasteiger partial charge in [-0.25, -0.2) is 0 Å². The van der Waals surface area contributed by atoms with E-state index < -0.39 is 34.7 Å². The van der Waals surface area contributed by atoms with Gasteiger partial charge in [0.2, 0.25) is 5.91 Å². The zero-order valence-corrected chi connectivity index (χ0v) is 22.0. The van der Waals surface area contributed by atoms with Crippen LogP contribution in [0.3, 0.4) is 0 Å². The van der Waals surface area contributed by atoms with Gasteiger partial charge >= 0.3 is 35.5 Å². The number of nitrogens with one attached hydrogen (secondary N) is 1. The first-order valence-corrected chi connectivity index (χ1v) is 11.8. The fraction of sp³-hybridized carbons (Fsp3) is 0.455. The Hall–Kier alpha value is -1.52. The number of carboxylic acid groups (broad SMARTS) is 1. The second-order valence-electron chi connectivity index (χ2n) is 8.15. The van der Waals surface area contributed by atoms with Crippen molar-refractivity contribution >= 4 is 47.1 Å². The summed E-state index contributed by atoms with van der Waals surface area (Å²) in [5.41, 5.74) is -0.0584. The minimum atomic E-state index is -1.51. The number of thioether (sulfide) groups is 1. The predicted molar refractivity (Wildman–Crippen MR) is 115 cm³/mol. The Kier molecular flexibility index (Phi) is 8.22. The fourth-order valence-corrected chi connectivity index (χ4v) is 6.34. The largest absolute Gasteiger partial charge is 1.00 e. The number of ether oxygens (including phenoxy) is 1. The number of nitrogens with zero attached hydrogens (tertiary/aromatic N) is 1. The van der Waals surface area contributed by atoms with Gasteiger partial charge in [-0.15, -0.1) is 11.8 Å². The summed E-state index contributed by atoms with van der Waals surface area (Å²) in [6, 6.07) is 6.38. The molecule has 2 aliphatic heterocycles. The summed E-state index contributed by atoms with van der Waals surface area (Å²) >= 11 is 7.72. The maximum Gasteiger partial charge on any atom is 1.00 e. The van der Waals surface area contributed by atoms with Crippen LogP contribution in [0.4, 0.5) is 0 Å². The maximum atomic E-state index is 13.5. The van der Waals surface area contributed by atoms with Gasteiger partial charge in [-0.3, -0.25) is 19.3 Å². The molecule has 0 unspecified atom stereocenters. The molecule has 0 aromatic heterocycles. The second-order valence-corrected chi connectivity index (χ2v) is 9.66. The molecule has 1 aliphatic carbocycles. The van der Waals surface area contributed by atoms with Gasteiger partial charge < -0.3 is 20.0 Å². The van der Waals surface area contributed by atoms with Crippen molar-refractivity contribution in [3.8, 4) is 0 Å². The Balaban J connectivity index is 0.00000306. The molecule has 2 fully saturated rings. The third-order valence-electron chi connectivity index (χ3n) is 6.26. The van der Waals surface area contributed by atoms with Gasteiger partial charge in [0.15, 0.2) is 0 Å². The molecule has 1 saturated carbocycles. The normalized spacial score (nSPS) is 23.2. The average Bonchev–Trinajstić information content (AvgIpc) is 3.26. The first-order chi connectivity index (χ1) is 15.3. The van der Waals surface area contributed by atoms with Crippen LogP contribution in [0, 0.1) is 0 Å². The molecular formula is C22H22ClN2NaO6S. The second kappa shape index (κ2) is 10.4. The number of hydrogen-bond donors (Lipinski definition) is 1. The number of aliphatic carboxylic acids is 1. The molecule has 0 spiro atoms. The molecule has 4 rings (SSSR count).